The van der Waals surface area contributed by atoms with Crippen LogP contribution in [0.2, 0.25) is 0 Å². The van der Waals surface area contributed by atoms with Gasteiger partial charge in [0.1, 0.15) is 5.69 Å². The third-order valence-corrected chi connectivity index (χ3v) is 4.37. The fraction of sp³-hybridized carbons (Fsp3) is 0.353. The van der Waals surface area contributed by atoms with Crippen LogP contribution in [0.1, 0.15) is 11.1 Å². The summed E-state index contributed by atoms with van der Waals surface area (Å²) in [6.07, 6.45) is -1.17. The zero-order valence-electron chi connectivity index (χ0n) is 13.8. The lowest BCUT2D eigenvalue weighted by molar-refractivity contribution is -0.384. The molecule has 2 aromatic rings. The molecule has 2 heterocycles. The van der Waals surface area contributed by atoms with Crippen LogP contribution in [0.4, 0.5) is 24.5 Å². The number of nitro groups is 1. The van der Waals surface area contributed by atoms with E-state index in [1.807, 2.05) is 12.1 Å². The largest absolute Gasteiger partial charge is 0.416 e. The number of hydrogen-bond acceptors (Lipinski definition) is 5. The molecule has 138 valence electrons. The molecule has 9 heteroatoms. The number of piperazine rings is 1. The molecule has 0 radical (unpaired) electrons. The third-order valence-electron chi connectivity index (χ3n) is 4.37. The molecule has 1 aliphatic rings. The Kier molecular flexibility index (Phi) is 5.08. The van der Waals surface area contributed by atoms with Crippen molar-refractivity contribution in [2.24, 2.45) is 0 Å². The molecule has 0 amide bonds. The smallest absolute Gasteiger partial charge is 0.363 e. The minimum Gasteiger partial charge on any atom is -0.363 e. The van der Waals surface area contributed by atoms with E-state index in [0.717, 1.165) is 18.2 Å². The predicted molar refractivity (Wildman–Crippen MR) is 89.8 cm³/mol. The summed E-state index contributed by atoms with van der Waals surface area (Å²) in [6, 6.07) is 6.55. The highest BCUT2D eigenvalue weighted by atomic mass is 19.4. The topological polar surface area (TPSA) is 62.5 Å². The quantitative estimate of drug-likeness (QED) is 0.614. The van der Waals surface area contributed by atoms with Crippen molar-refractivity contribution in [3.8, 4) is 0 Å². The molecule has 0 aliphatic carbocycles. The minimum atomic E-state index is -4.60. The van der Waals surface area contributed by atoms with Crippen molar-refractivity contribution >= 4 is 11.4 Å². The molecule has 1 saturated heterocycles. The van der Waals surface area contributed by atoms with Crippen molar-refractivity contribution in [2.75, 3.05) is 31.1 Å². The van der Waals surface area contributed by atoms with Crippen LogP contribution >= 0.6 is 0 Å². The standard InChI is InChI=1S/C17H17F3N4O2/c18-17(19,20)14-1-2-15(16(11-14)24(25)26)23-9-7-22(8-10-23)12-13-3-5-21-6-4-13/h1-6,11H,7-10,12H2. The van der Waals surface area contributed by atoms with Gasteiger partial charge in [0.2, 0.25) is 0 Å². The number of hydrogen-bond donors (Lipinski definition) is 0. The second kappa shape index (κ2) is 7.28. The molecule has 0 unspecified atom stereocenters. The zero-order valence-corrected chi connectivity index (χ0v) is 13.8. The maximum atomic E-state index is 12.8. The first-order valence-electron chi connectivity index (χ1n) is 8.06. The first-order valence-corrected chi connectivity index (χ1v) is 8.06. The van der Waals surface area contributed by atoms with E-state index in [0.29, 0.717) is 32.2 Å². The van der Waals surface area contributed by atoms with E-state index in [1.165, 1.54) is 6.07 Å². The summed E-state index contributed by atoms with van der Waals surface area (Å²) in [5.74, 6) is 0. The first-order chi connectivity index (χ1) is 12.3. The average molecular weight is 366 g/mol. The lowest BCUT2D eigenvalue weighted by atomic mass is 10.1. The molecular formula is C17H17F3N4O2. The van der Waals surface area contributed by atoms with Crippen LogP contribution in [0.3, 0.4) is 0 Å². The Morgan fingerprint density at radius 3 is 2.31 bits per heavy atom. The third kappa shape index (κ3) is 4.10. The Morgan fingerprint density at radius 2 is 1.73 bits per heavy atom. The van der Waals surface area contributed by atoms with E-state index in [4.69, 9.17) is 0 Å². The van der Waals surface area contributed by atoms with E-state index in [1.54, 1.807) is 17.3 Å². The van der Waals surface area contributed by atoms with Gasteiger partial charge >= 0.3 is 6.18 Å². The van der Waals surface area contributed by atoms with Gasteiger partial charge in [0.05, 0.1) is 10.5 Å². The number of rotatable bonds is 4. The summed E-state index contributed by atoms with van der Waals surface area (Å²) in [5, 5.41) is 11.2. The Balaban J connectivity index is 1.72. The Hall–Kier alpha value is -2.68. The monoisotopic (exact) mass is 366 g/mol. The van der Waals surface area contributed by atoms with Crippen molar-refractivity contribution in [3.63, 3.8) is 0 Å². The molecular weight excluding hydrogens is 349 g/mol. The SMILES string of the molecule is O=[N+]([O-])c1cc(C(F)(F)F)ccc1N1CCN(Cc2ccncc2)CC1. The van der Waals surface area contributed by atoms with Crippen LogP contribution in [0.5, 0.6) is 0 Å². The summed E-state index contributed by atoms with van der Waals surface area (Å²) in [7, 11) is 0. The van der Waals surface area contributed by atoms with Crippen LogP contribution in [0, 0.1) is 10.1 Å². The van der Waals surface area contributed by atoms with Gasteiger partial charge in [-0.25, -0.2) is 0 Å². The number of nitrogens with zero attached hydrogens (tertiary/aromatic N) is 4. The number of benzene rings is 1. The molecule has 26 heavy (non-hydrogen) atoms. The molecule has 0 bridgehead atoms. The lowest BCUT2D eigenvalue weighted by Crippen LogP contribution is -2.46. The highest BCUT2D eigenvalue weighted by Gasteiger charge is 2.34. The zero-order chi connectivity index (χ0) is 18.7. The molecule has 0 spiro atoms. The van der Waals surface area contributed by atoms with E-state index < -0.39 is 22.4 Å². The van der Waals surface area contributed by atoms with E-state index >= 15 is 0 Å². The van der Waals surface area contributed by atoms with Crippen molar-refractivity contribution in [2.45, 2.75) is 12.7 Å². The molecule has 0 saturated carbocycles. The molecule has 6 nitrogen and oxygen atoms in total. The van der Waals surface area contributed by atoms with E-state index in [-0.39, 0.29) is 5.69 Å². The number of halogens is 3. The molecule has 1 aromatic carbocycles. The summed E-state index contributed by atoms with van der Waals surface area (Å²) in [6.45, 7) is 3.10. The molecule has 0 atom stereocenters. The van der Waals surface area contributed by atoms with Crippen molar-refractivity contribution in [1.82, 2.24) is 9.88 Å². The number of aromatic nitrogens is 1. The molecule has 1 aromatic heterocycles. The molecule has 1 fully saturated rings. The van der Waals surface area contributed by atoms with Crippen LogP contribution < -0.4 is 4.90 Å². The van der Waals surface area contributed by atoms with Gasteiger partial charge < -0.3 is 4.90 Å². The highest BCUT2D eigenvalue weighted by molar-refractivity contribution is 5.65. The van der Waals surface area contributed by atoms with Gasteiger partial charge in [-0.2, -0.15) is 13.2 Å². The second-order valence-corrected chi connectivity index (χ2v) is 6.08. The Labute approximate surface area is 148 Å². The minimum absolute atomic E-state index is 0.228. The Bertz CT molecular complexity index is 775. The van der Waals surface area contributed by atoms with Gasteiger partial charge in [0, 0.05) is 51.2 Å². The highest BCUT2D eigenvalue weighted by Crippen LogP contribution is 2.36. The fourth-order valence-corrected chi connectivity index (χ4v) is 3.01. The normalized spacial score (nSPS) is 15.9. The number of anilines is 1. The average Bonchev–Trinajstić information content (AvgIpc) is 2.62. The van der Waals surface area contributed by atoms with E-state index in [9.17, 15) is 23.3 Å². The molecule has 0 N–H and O–H groups in total. The van der Waals surface area contributed by atoms with Gasteiger partial charge in [0.25, 0.3) is 5.69 Å². The summed E-state index contributed by atoms with van der Waals surface area (Å²) >= 11 is 0. The van der Waals surface area contributed by atoms with Gasteiger partial charge in [-0.3, -0.25) is 20.0 Å². The molecule has 1 aliphatic heterocycles. The summed E-state index contributed by atoms with van der Waals surface area (Å²) in [5.41, 5.74) is -0.174. The lowest BCUT2D eigenvalue weighted by Gasteiger charge is -2.35. The summed E-state index contributed by atoms with van der Waals surface area (Å²) < 4.78 is 38.4. The second-order valence-electron chi connectivity index (χ2n) is 6.08. The molecule has 3 rings (SSSR count). The first kappa shape index (κ1) is 18.1. The van der Waals surface area contributed by atoms with E-state index in [2.05, 4.69) is 9.88 Å². The van der Waals surface area contributed by atoms with Crippen molar-refractivity contribution in [3.05, 3.63) is 64.0 Å². The van der Waals surface area contributed by atoms with Gasteiger partial charge in [-0.1, -0.05) is 0 Å². The number of nitro benzene ring substituents is 1. The van der Waals surface area contributed by atoms with Gasteiger partial charge in [-0.05, 0) is 29.8 Å². The van der Waals surface area contributed by atoms with Gasteiger partial charge in [0.15, 0.2) is 0 Å². The number of pyridine rings is 1. The maximum absolute atomic E-state index is 12.8. The van der Waals surface area contributed by atoms with Crippen LogP contribution in [0.25, 0.3) is 0 Å². The Morgan fingerprint density at radius 1 is 1.08 bits per heavy atom. The fourth-order valence-electron chi connectivity index (χ4n) is 3.01. The van der Waals surface area contributed by atoms with Gasteiger partial charge in [-0.15, -0.1) is 0 Å². The van der Waals surface area contributed by atoms with Crippen LogP contribution in [0.15, 0.2) is 42.7 Å². The van der Waals surface area contributed by atoms with Crippen molar-refractivity contribution in [1.29, 1.82) is 0 Å². The number of alkyl halides is 3. The maximum Gasteiger partial charge on any atom is 0.416 e. The van der Waals surface area contributed by atoms with Crippen LogP contribution in [-0.2, 0) is 12.7 Å². The summed E-state index contributed by atoms with van der Waals surface area (Å²) in [4.78, 5) is 18.4. The van der Waals surface area contributed by atoms with Crippen molar-refractivity contribution < 1.29 is 18.1 Å². The van der Waals surface area contributed by atoms with Crippen LogP contribution in [-0.4, -0.2) is 41.0 Å². The predicted octanol–water partition coefficient (Wildman–Crippen LogP) is 3.33.